The molecule has 2 aromatic rings. The van der Waals surface area contributed by atoms with Crippen LogP contribution >= 0.6 is 0 Å². The third kappa shape index (κ3) is 2.75. The molecule has 0 bridgehead atoms. The number of nitrogens with zero attached hydrogens (tertiary/aromatic N) is 2. The highest BCUT2D eigenvalue weighted by Gasteiger charge is 2.31. The van der Waals surface area contributed by atoms with Gasteiger partial charge in [0.05, 0.1) is 11.0 Å². The third-order valence-corrected chi connectivity index (χ3v) is 4.18. The normalized spacial score (nSPS) is 18.3. The molecule has 3 rings (SSSR count). The first-order valence-electron chi connectivity index (χ1n) is 7.86. The van der Waals surface area contributed by atoms with E-state index in [9.17, 15) is 9.59 Å². The van der Waals surface area contributed by atoms with Crippen LogP contribution in [0.2, 0.25) is 0 Å². The number of hydrogen-bond acceptors (Lipinski definition) is 3. The van der Waals surface area contributed by atoms with Gasteiger partial charge in [-0.2, -0.15) is 0 Å². The summed E-state index contributed by atoms with van der Waals surface area (Å²) in [4.78, 5) is 33.8. The Kier molecular flexibility index (Phi) is 3.96. The number of aromatic nitrogens is 2. The van der Waals surface area contributed by atoms with E-state index in [-0.39, 0.29) is 17.6 Å². The first-order chi connectivity index (χ1) is 10.6. The first kappa shape index (κ1) is 14.8. The van der Waals surface area contributed by atoms with E-state index in [0.29, 0.717) is 23.5 Å². The van der Waals surface area contributed by atoms with E-state index in [2.05, 4.69) is 23.8 Å². The number of para-hydroxylation sites is 2. The number of carbonyl (C=O) groups excluding carboxylic acids is 1. The minimum Gasteiger partial charge on any atom is -0.334 e. The summed E-state index contributed by atoms with van der Waals surface area (Å²) >= 11 is 0. The highest BCUT2D eigenvalue weighted by atomic mass is 16.2. The number of likely N-dealkylation sites (tertiary alicyclic amines) is 1. The molecule has 1 atom stereocenters. The molecule has 116 valence electrons. The first-order valence-corrected chi connectivity index (χ1v) is 7.86. The molecule has 1 fully saturated rings. The van der Waals surface area contributed by atoms with E-state index >= 15 is 0 Å². The van der Waals surface area contributed by atoms with Crippen LogP contribution in [0.25, 0.3) is 11.0 Å². The lowest BCUT2D eigenvalue weighted by Crippen LogP contribution is -2.39. The van der Waals surface area contributed by atoms with Gasteiger partial charge in [0.25, 0.3) is 11.5 Å². The van der Waals surface area contributed by atoms with E-state index in [1.165, 1.54) is 0 Å². The van der Waals surface area contributed by atoms with Crippen molar-refractivity contribution in [3.8, 4) is 0 Å². The highest BCUT2D eigenvalue weighted by molar-refractivity contribution is 5.94. The van der Waals surface area contributed by atoms with Crippen molar-refractivity contribution < 1.29 is 4.79 Å². The van der Waals surface area contributed by atoms with Crippen LogP contribution in [0.3, 0.4) is 0 Å². The van der Waals surface area contributed by atoms with Gasteiger partial charge in [-0.05, 0) is 37.3 Å². The molecule has 1 aliphatic heterocycles. The lowest BCUT2D eigenvalue weighted by molar-refractivity contribution is 0.0714. The molecular formula is C17H21N3O2. The van der Waals surface area contributed by atoms with E-state index < -0.39 is 5.56 Å². The standard InChI is InChI=1S/C17H21N3O2/c1-11(2)10-12-6-5-9-20(12)17(22)15-16(21)19-14-8-4-3-7-13(14)18-15/h3-4,7-8,11-12H,5-6,9-10H2,1-2H3,(H,19,21)/t12-/m0/s1. The van der Waals surface area contributed by atoms with Crippen molar-refractivity contribution in [1.29, 1.82) is 0 Å². The van der Waals surface area contributed by atoms with Crippen LogP contribution in [0.4, 0.5) is 0 Å². The van der Waals surface area contributed by atoms with Gasteiger partial charge >= 0.3 is 0 Å². The molecule has 1 N–H and O–H groups in total. The molecule has 1 saturated heterocycles. The molecule has 0 radical (unpaired) electrons. The van der Waals surface area contributed by atoms with Crippen LogP contribution in [-0.4, -0.2) is 33.4 Å². The smallest absolute Gasteiger partial charge is 0.280 e. The molecule has 0 saturated carbocycles. The number of aromatic amines is 1. The molecule has 1 amide bonds. The van der Waals surface area contributed by atoms with Gasteiger partial charge in [0, 0.05) is 12.6 Å². The lowest BCUT2D eigenvalue weighted by Gasteiger charge is -2.25. The molecule has 5 nitrogen and oxygen atoms in total. The minimum absolute atomic E-state index is 0.00866. The predicted molar refractivity (Wildman–Crippen MR) is 85.9 cm³/mol. The van der Waals surface area contributed by atoms with Gasteiger partial charge in [0.15, 0.2) is 5.69 Å². The second-order valence-corrected chi connectivity index (χ2v) is 6.36. The van der Waals surface area contributed by atoms with E-state index in [0.717, 1.165) is 19.3 Å². The van der Waals surface area contributed by atoms with Crippen molar-refractivity contribution >= 4 is 16.9 Å². The summed E-state index contributed by atoms with van der Waals surface area (Å²) in [6.07, 6.45) is 2.97. The number of carbonyl (C=O) groups is 1. The van der Waals surface area contributed by atoms with Gasteiger partial charge in [0.1, 0.15) is 0 Å². The average Bonchev–Trinajstić information content (AvgIpc) is 2.93. The summed E-state index contributed by atoms with van der Waals surface area (Å²) in [7, 11) is 0. The second kappa shape index (κ2) is 5.91. The molecule has 1 aromatic carbocycles. The fourth-order valence-corrected chi connectivity index (χ4v) is 3.20. The van der Waals surface area contributed by atoms with Gasteiger partial charge in [0.2, 0.25) is 0 Å². The van der Waals surface area contributed by atoms with Gasteiger partial charge < -0.3 is 9.88 Å². The summed E-state index contributed by atoms with van der Waals surface area (Å²) in [6.45, 7) is 5.02. The maximum Gasteiger partial charge on any atom is 0.280 e. The third-order valence-electron chi connectivity index (χ3n) is 4.18. The zero-order chi connectivity index (χ0) is 15.7. The average molecular weight is 299 g/mol. The van der Waals surface area contributed by atoms with Crippen molar-refractivity contribution in [2.75, 3.05) is 6.54 Å². The zero-order valence-electron chi connectivity index (χ0n) is 13.0. The molecule has 1 aromatic heterocycles. The van der Waals surface area contributed by atoms with Crippen LogP contribution in [0.5, 0.6) is 0 Å². The molecule has 22 heavy (non-hydrogen) atoms. The Morgan fingerprint density at radius 3 is 2.95 bits per heavy atom. The number of H-pyrrole nitrogens is 1. The van der Waals surface area contributed by atoms with Gasteiger partial charge in [-0.15, -0.1) is 0 Å². The Morgan fingerprint density at radius 2 is 2.18 bits per heavy atom. The zero-order valence-corrected chi connectivity index (χ0v) is 13.0. The van der Waals surface area contributed by atoms with Gasteiger partial charge in [-0.1, -0.05) is 26.0 Å². The fraction of sp³-hybridized carbons (Fsp3) is 0.471. The number of hydrogen-bond donors (Lipinski definition) is 1. The summed E-state index contributed by atoms with van der Waals surface area (Å²) in [5.74, 6) is 0.288. The summed E-state index contributed by atoms with van der Waals surface area (Å²) < 4.78 is 0. The number of nitrogens with one attached hydrogen (secondary N) is 1. The van der Waals surface area contributed by atoms with E-state index in [1.54, 1.807) is 12.1 Å². The van der Waals surface area contributed by atoms with Gasteiger partial charge in [-0.3, -0.25) is 9.59 Å². The molecule has 0 aliphatic carbocycles. The summed E-state index contributed by atoms with van der Waals surface area (Å²) in [6, 6.07) is 7.49. The van der Waals surface area contributed by atoms with Crippen LogP contribution < -0.4 is 5.56 Å². The summed E-state index contributed by atoms with van der Waals surface area (Å²) in [5.41, 5.74) is 0.905. The maximum atomic E-state index is 12.7. The minimum atomic E-state index is -0.404. The Bertz CT molecular complexity index is 751. The quantitative estimate of drug-likeness (QED) is 0.947. The topological polar surface area (TPSA) is 66.1 Å². The van der Waals surface area contributed by atoms with Crippen LogP contribution in [-0.2, 0) is 0 Å². The highest BCUT2D eigenvalue weighted by Crippen LogP contribution is 2.24. The van der Waals surface area contributed by atoms with E-state index in [1.807, 2.05) is 17.0 Å². The molecule has 0 unspecified atom stereocenters. The Balaban J connectivity index is 1.94. The van der Waals surface area contributed by atoms with Crippen molar-refractivity contribution in [2.45, 2.75) is 39.2 Å². The second-order valence-electron chi connectivity index (χ2n) is 6.36. The molecule has 5 heteroatoms. The Morgan fingerprint density at radius 1 is 1.41 bits per heavy atom. The van der Waals surface area contributed by atoms with Crippen molar-refractivity contribution in [1.82, 2.24) is 14.9 Å². The van der Waals surface area contributed by atoms with E-state index in [4.69, 9.17) is 0 Å². The largest absolute Gasteiger partial charge is 0.334 e. The van der Waals surface area contributed by atoms with Crippen molar-refractivity contribution in [3.05, 3.63) is 40.3 Å². The number of fused-ring (bicyclic) bond motifs is 1. The summed E-state index contributed by atoms with van der Waals surface area (Å²) in [5, 5.41) is 0. The number of benzene rings is 1. The molecule has 0 spiro atoms. The maximum absolute atomic E-state index is 12.7. The SMILES string of the molecule is CC(C)C[C@@H]1CCCN1C(=O)c1nc2ccccc2[nH]c1=O. The molecule has 1 aliphatic rings. The number of amides is 1. The van der Waals surface area contributed by atoms with Crippen LogP contribution in [0, 0.1) is 5.92 Å². The molecule has 2 heterocycles. The van der Waals surface area contributed by atoms with Crippen LogP contribution in [0.1, 0.15) is 43.6 Å². The Labute approximate surface area is 129 Å². The predicted octanol–water partition coefficient (Wildman–Crippen LogP) is 2.57. The van der Waals surface area contributed by atoms with Gasteiger partial charge in [-0.25, -0.2) is 4.98 Å². The van der Waals surface area contributed by atoms with Crippen molar-refractivity contribution in [2.24, 2.45) is 5.92 Å². The number of rotatable bonds is 3. The molecular weight excluding hydrogens is 278 g/mol. The lowest BCUT2D eigenvalue weighted by atomic mass is 10.0. The fourth-order valence-electron chi connectivity index (χ4n) is 3.20. The van der Waals surface area contributed by atoms with Crippen molar-refractivity contribution in [3.63, 3.8) is 0 Å². The van der Waals surface area contributed by atoms with Crippen LogP contribution in [0.15, 0.2) is 29.1 Å². The Hall–Kier alpha value is -2.17. The monoisotopic (exact) mass is 299 g/mol.